The van der Waals surface area contributed by atoms with E-state index in [-0.39, 0.29) is 17.1 Å². The van der Waals surface area contributed by atoms with Crippen molar-refractivity contribution in [3.8, 4) is 0 Å². The van der Waals surface area contributed by atoms with Gasteiger partial charge in [-0.2, -0.15) is 4.72 Å². The van der Waals surface area contributed by atoms with Gasteiger partial charge >= 0.3 is 0 Å². The van der Waals surface area contributed by atoms with Gasteiger partial charge in [-0.1, -0.05) is 18.2 Å². The fourth-order valence-corrected chi connectivity index (χ4v) is 3.64. The Labute approximate surface area is 136 Å². The number of sulfonamides is 1. The van der Waals surface area contributed by atoms with E-state index in [4.69, 9.17) is 0 Å². The molecule has 1 atom stereocenters. The topological polar surface area (TPSA) is 113 Å². The lowest BCUT2D eigenvalue weighted by Crippen LogP contribution is -2.50. The number of benzene rings is 1. The molecule has 0 radical (unpaired) electrons. The summed E-state index contributed by atoms with van der Waals surface area (Å²) in [6.45, 7) is 0. The number of amides is 1. The summed E-state index contributed by atoms with van der Waals surface area (Å²) in [6.07, 6.45) is 0.865. The molecule has 0 spiro atoms. The Morgan fingerprint density at radius 1 is 1.13 bits per heavy atom. The average Bonchev–Trinajstić information content (AvgIpc) is 2.42. The summed E-state index contributed by atoms with van der Waals surface area (Å²) in [7, 11) is -4.13. The van der Waals surface area contributed by atoms with E-state index in [1.807, 2.05) is 0 Å². The minimum Gasteiger partial charge on any atom is -0.288 e. The highest BCUT2D eigenvalue weighted by molar-refractivity contribution is 7.90. The number of sulfone groups is 1. The van der Waals surface area contributed by atoms with Gasteiger partial charge in [0.25, 0.3) is 5.91 Å². The molecule has 0 fully saturated rings. The van der Waals surface area contributed by atoms with Gasteiger partial charge in [-0.05, 0) is 18.6 Å². The molecule has 8 nitrogen and oxygen atoms in total. The number of nitrogens with zero attached hydrogens (tertiary/aromatic N) is 1. The fourth-order valence-electron chi connectivity index (χ4n) is 1.73. The van der Waals surface area contributed by atoms with Crippen LogP contribution >= 0.6 is 0 Å². The van der Waals surface area contributed by atoms with E-state index in [0.717, 1.165) is 6.26 Å². The molecule has 0 saturated carbocycles. The van der Waals surface area contributed by atoms with Crippen LogP contribution in [0, 0.1) is 0 Å². The van der Waals surface area contributed by atoms with Crippen molar-refractivity contribution < 1.29 is 21.6 Å². The Morgan fingerprint density at radius 2 is 1.70 bits per heavy atom. The average molecular weight is 363 g/mol. The third-order valence-corrected chi connectivity index (χ3v) is 5.24. The van der Waals surface area contributed by atoms with Crippen molar-refractivity contribution in [3.63, 3.8) is 0 Å². The van der Waals surface area contributed by atoms with Gasteiger partial charge in [0.2, 0.25) is 10.0 Å². The second-order valence-corrected chi connectivity index (χ2v) is 9.25. The first-order valence-electron chi connectivity index (χ1n) is 6.74. The van der Waals surface area contributed by atoms with Gasteiger partial charge < -0.3 is 0 Å². The highest BCUT2D eigenvalue weighted by atomic mass is 32.2. The summed E-state index contributed by atoms with van der Waals surface area (Å²) in [5.74, 6) is -0.936. The van der Waals surface area contributed by atoms with Crippen LogP contribution in [0.1, 0.15) is 6.42 Å². The predicted octanol–water partition coefficient (Wildman–Crippen LogP) is -0.639. The second-order valence-electron chi connectivity index (χ2n) is 5.28. The smallest absolute Gasteiger partial charge is 0.252 e. The van der Waals surface area contributed by atoms with E-state index < -0.39 is 31.8 Å². The number of rotatable bonds is 8. The van der Waals surface area contributed by atoms with Gasteiger partial charge in [0.15, 0.2) is 0 Å². The zero-order valence-electron chi connectivity index (χ0n) is 13.2. The lowest BCUT2D eigenvalue weighted by molar-refractivity contribution is -0.126. The van der Waals surface area contributed by atoms with Crippen molar-refractivity contribution in [2.24, 2.45) is 0 Å². The first-order chi connectivity index (χ1) is 10.5. The number of nitrogens with one attached hydrogen (secondary N) is 2. The summed E-state index contributed by atoms with van der Waals surface area (Å²) in [5, 5.41) is 1.35. The third-order valence-electron chi connectivity index (χ3n) is 2.78. The largest absolute Gasteiger partial charge is 0.288 e. The maximum Gasteiger partial charge on any atom is 0.252 e. The minimum absolute atomic E-state index is 0.00186. The molecule has 0 aliphatic rings. The Balaban J connectivity index is 2.97. The van der Waals surface area contributed by atoms with Crippen LogP contribution in [0.4, 0.5) is 0 Å². The summed E-state index contributed by atoms with van der Waals surface area (Å²) >= 11 is 0. The second kappa shape index (κ2) is 7.86. The highest BCUT2D eigenvalue weighted by Gasteiger charge is 2.27. The predicted molar refractivity (Wildman–Crippen MR) is 86.7 cm³/mol. The Kier molecular flexibility index (Phi) is 6.69. The number of carbonyl (C=O) groups excluding carboxylic acids is 1. The zero-order valence-corrected chi connectivity index (χ0v) is 14.8. The van der Waals surface area contributed by atoms with Gasteiger partial charge in [-0.3, -0.25) is 10.2 Å². The zero-order chi connectivity index (χ0) is 17.7. The van der Waals surface area contributed by atoms with Gasteiger partial charge in [0.1, 0.15) is 15.9 Å². The quantitative estimate of drug-likeness (QED) is 0.594. The van der Waals surface area contributed by atoms with Crippen LogP contribution in [0.3, 0.4) is 0 Å². The lowest BCUT2D eigenvalue weighted by Gasteiger charge is -2.20. The van der Waals surface area contributed by atoms with Crippen LogP contribution in [0.25, 0.3) is 0 Å². The van der Waals surface area contributed by atoms with Gasteiger partial charge in [-0.25, -0.2) is 21.8 Å². The fraction of sp³-hybridized carbons (Fsp3) is 0.462. The van der Waals surface area contributed by atoms with E-state index in [9.17, 15) is 21.6 Å². The third kappa shape index (κ3) is 7.08. The molecule has 0 aliphatic heterocycles. The molecule has 130 valence electrons. The molecule has 0 saturated heterocycles. The Hall–Kier alpha value is -1.49. The van der Waals surface area contributed by atoms with E-state index in [0.29, 0.717) is 0 Å². The monoisotopic (exact) mass is 363 g/mol. The maximum absolute atomic E-state index is 12.3. The van der Waals surface area contributed by atoms with Crippen LogP contribution < -0.4 is 10.1 Å². The van der Waals surface area contributed by atoms with Crippen molar-refractivity contribution in [3.05, 3.63) is 30.3 Å². The van der Waals surface area contributed by atoms with Crippen molar-refractivity contribution in [2.75, 3.05) is 26.1 Å². The molecule has 1 amide bonds. The molecule has 1 aromatic rings. The minimum atomic E-state index is -3.93. The van der Waals surface area contributed by atoms with Crippen LogP contribution in [-0.4, -0.2) is 59.9 Å². The number of hydrogen-bond acceptors (Lipinski definition) is 6. The highest BCUT2D eigenvalue weighted by Crippen LogP contribution is 2.09. The molecule has 0 bridgehead atoms. The molecule has 0 aromatic heterocycles. The number of hydrazine groups is 1. The van der Waals surface area contributed by atoms with E-state index in [1.54, 1.807) is 32.3 Å². The maximum atomic E-state index is 12.3. The Morgan fingerprint density at radius 3 is 2.17 bits per heavy atom. The van der Waals surface area contributed by atoms with Crippen molar-refractivity contribution in [1.82, 2.24) is 15.2 Å². The van der Waals surface area contributed by atoms with Crippen molar-refractivity contribution in [1.29, 1.82) is 0 Å². The van der Waals surface area contributed by atoms with Crippen LogP contribution in [0.5, 0.6) is 0 Å². The molecule has 0 heterocycles. The van der Waals surface area contributed by atoms with Crippen LogP contribution in [-0.2, 0) is 24.7 Å². The van der Waals surface area contributed by atoms with Crippen LogP contribution in [0.15, 0.2) is 35.2 Å². The molecule has 0 unspecified atom stereocenters. The number of hydrogen-bond donors (Lipinski definition) is 2. The molecule has 2 N–H and O–H groups in total. The van der Waals surface area contributed by atoms with E-state index >= 15 is 0 Å². The molecule has 10 heteroatoms. The Bertz CT molecular complexity index is 730. The number of carbonyl (C=O) groups is 1. The summed E-state index contributed by atoms with van der Waals surface area (Å²) in [4.78, 5) is 12.1. The normalized spacial score (nSPS) is 13.7. The van der Waals surface area contributed by atoms with Crippen LogP contribution in [0.2, 0.25) is 0 Å². The molecule has 1 rings (SSSR count). The van der Waals surface area contributed by atoms with Gasteiger partial charge in [-0.15, -0.1) is 0 Å². The lowest BCUT2D eigenvalue weighted by atomic mass is 10.2. The summed E-state index contributed by atoms with van der Waals surface area (Å²) in [6, 6.07) is 6.36. The molecule has 0 aliphatic carbocycles. The first kappa shape index (κ1) is 19.6. The molecular formula is C13H21N3O5S2. The molecule has 23 heavy (non-hydrogen) atoms. The van der Waals surface area contributed by atoms with E-state index in [2.05, 4.69) is 10.1 Å². The summed E-state index contributed by atoms with van der Waals surface area (Å²) in [5.41, 5.74) is 2.43. The van der Waals surface area contributed by atoms with Gasteiger partial charge in [0.05, 0.1) is 10.6 Å². The first-order valence-corrected chi connectivity index (χ1v) is 10.3. The molecular weight excluding hydrogens is 342 g/mol. The summed E-state index contributed by atoms with van der Waals surface area (Å²) < 4.78 is 49.5. The van der Waals surface area contributed by atoms with Crippen molar-refractivity contribution in [2.45, 2.75) is 17.4 Å². The van der Waals surface area contributed by atoms with Gasteiger partial charge in [0, 0.05) is 20.4 Å². The molecule has 1 aromatic carbocycles. The van der Waals surface area contributed by atoms with E-state index in [1.165, 1.54) is 17.1 Å². The van der Waals surface area contributed by atoms with Crippen molar-refractivity contribution >= 4 is 25.8 Å². The standard InChI is InChI=1S/C13H21N3O5S2/c1-16(2)14-13(17)12(9-10-22(3,18)19)15-23(20,21)11-7-5-4-6-8-11/h4-8,12,15H,9-10H2,1-3H3,(H,14,17)/t12-/m0/s1. The SMILES string of the molecule is CN(C)NC(=O)[C@H](CCS(C)(=O)=O)NS(=O)(=O)c1ccccc1.